The number of likely N-dealkylation sites (N-methyl/N-ethyl adjacent to an activating group) is 1. The number of hydrogen-bond acceptors (Lipinski definition) is 23. The van der Waals surface area contributed by atoms with Crippen LogP contribution in [0, 0.1) is 6.92 Å². The fourth-order valence-corrected chi connectivity index (χ4v) is 17.1. The van der Waals surface area contributed by atoms with Crippen molar-refractivity contribution in [3.05, 3.63) is 297 Å². The molecule has 6 heterocycles. The molecule has 0 saturated carbocycles. The molecule has 6 aromatic carbocycles. The van der Waals surface area contributed by atoms with Crippen LogP contribution in [0.15, 0.2) is 183 Å². The van der Waals surface area contributed by atoms with Crippen LogP contribution in [0.25, 0.3) is 0 Å². The number of phenolic OH excluding ortho intramolecular Hbond substituents is 1. The van der Waals surface area contributed by atoms with Crippen molar-refractivity contribution in [2.45, 2.75) is 226 Å². The Kier molecular flexibility index (Phi) is 35.9. The predicted molar refractivity (Wildman–Crippen MR) is 496 cm³/mol. The van der Waals surface area contributed by atoms with Crippen molar-refractivity contribution in [3.8, 4) is 17.2 Å². The van der Waals surface area contributed by atoms with Gasteiger partial charge in [0.05, 0.1) is 25.1 Å². The van der Waals surface area contributed by atoms with Crippen molar-refractivity contribution in [1.29, 1.82) is 0 Å². The number of carbonyl (C=O) groups is 7. The molecule has 0 fully saturated rings. The van der Waals surface area contributed by atoms with Crippen LogP contribution in [0.1, 0.15) is 279 Å². The Morgan fingerprint density at radius 3 is 1.16 bits per heavy atom. The third kappa shape index (κ3) is 27.8. The van der Waals surface area contributed by atoms with Crippen LogP contribution in [0.3, 0.4) is 0 Å². The highest BCUT2D eigenvalue weighted by molar-refractivity contribution is 9.10. The number of carbonyl (C=O) groups excluding carboxylic acids is 7. The first kappa shape index (κ1) is 99.0. The minimum absolute atomic E-state index is 0.0420. The number of hydrogen-bond donors (Lipinski definition) is 8. The molecule has 6 aromatic heterocycles. The third-order valence-corrected chi connectivity index (χ3v) is 24.7. The van der Waals surface area contributed by atoms with Gasteiger partial charge in [0.25, 0.3) is 35.4 Å². The summed E-state index contributed by atoms with van der Waals surface area (Å²) in [5, 5.41) is 53.4. The number of alkyl halides is 3. The summed E-state index contributed by atoms with van der Waals surface area (Å²) in [6.07, 6.45) is 18.2. The number of rotatable bonds is 26. The highest BCUT2D eigenvalue weighted by Crippen LogP contribution is 2.34. The number of ether oxygens (including phenoxy) is 2. The number of aromatic hydroxyl groups is 1. The normalized spacial score (nSPS) is 14.2. The first-order chi connectivity index (χ1) is 65.4. The van der Waals surface area contributed by atoms with Gasteiger partial charge < -0.3 is 83.8 Å². The van der Waals surface area contributed by atoms with Gasteiger partial charge in [-0.2, -0.15) is 0 Å². The molecular weight excluding hydrogens is 1800 g/mol. The average Bonchev–Trinajstić information content (AvgIpc) is 1.70. The van der Waals surface area contributed by atoms with Crippen molar-refractivity contribution in [1.82, 2.24) is 73.1 Å². The molecule has 0 aliphatic heterocycles. The van der Waals surface area contributed by atoms with Gasteiger partial charge in [-0.15, -0.1) is 13.2 Å². The maximum Gasteiger partial charge on any atom is 0.573 e. The number of para-hydroxylation sites is 2. The zero-order valence-corrected chi connectivity index (χ0v) is 78.0. The SMILES string of the molecule is CCOc1ccccc1CNC(=O)c1noc2c1CCCC2.CN(C)CCNC(=O)CC(NC(=O)c1noc2c1CCCC2)c1cccc(O)c1.C[C@H](NC(=O)c1noc2c1CCCC2)c1ccccc1.Cc1ccccc1CNC(=O)c1noc2c1CCCC2.O=C(NCc1ccccc1Br)c1noc2c1CCCC2.O=C(NCc1ccccc1OC(F)(F)F)c1noc2c1CCCC2. The lowest BCUT2D eigenvalue weighted by molar-refractivity contribution is -0.274. The number of aromatic nitrogens is 6. The molecule has 30 nitrogen and oxygen atoms in total. The molecule has 18 rings (SSSR count). The summed E-state index contributed by atoms with van der Waals surface area (Å²) in [7, 11) is 3.86. The number of nitrogens with one attached hydrogen (secondary N) is 7. The molecule has 135 heavy (non-hydrogen) atoms. The Bertz CT molecular complexity index is 5890. The fraction of sp³-hybridized carbons (Fsp3) is 0.396. The van der Waals surface area contributed by atoms with Gasteiger partial charge in [-0.05, 0) is 209 Å². The lowest BCUT2D eigenvalue weighted by atomic mass is 9.96. The monoisotopic (exact) mass is 1910 g/mol. The van der Waals surface area contributed by atoms with Gasteiger partial charge in [-0.1, -0.05) is 168 Å². The molecule has 0 radical (unpaired) electrons. The number of aryl methyl sites for hydroxylation is 7. The highest BCUT2D eigenvalue weighted by Gasteiger charge is 2.35. The number of benzene rings is 6. The van der Waals surface area contributed by atoms with E-state index in [2.05, 4.69) is 88.8 Å². The lowest BCUT2D eigenvalue weighted by Crippen LogP contribution is -2.36. The molecule has 0 bridgehead atoms. The molecule has 12 aromatic rings. The van der Waals surface area contributed by atoms with E-state index in [0.717, 1.165) is 255 Å². The van der Waals surface area contributed by atoms with Crippen molar-refractivity contribution in [3.63, 3.8) is 0 Å². The zero-order valence-electron chi connectivity index (χ0n) is 76.4. The minimum atomic E-state index is -4.79. The first-order valence-corrected chi connectivity index (χ1v) is 46.9. The van der Waals surface area contributed by atoms with E-state index in [4.69, 9.17) is 31.9 Å². The van der Waals surface area contributed by atoms with Crippen LogP contribution < -0.4 is 46.7 Å². The zero-order chi connectivity index (χ0) is 95.2. The summed E-state index contributed by atoms with van der Waals surface area (Å²) in [6, 6.07) is 45.1. The number of amides is 7. The largest absolute Gasteiger partial charge is 0.573 e. The maximum atomic E-state index is 12.9. The number of nitrogens with zero attached hydrogens (tertiary/aromatic N) is 7. The molecule has 6 aliphatic carbocycles. The first-order valence-electron chi connectivity index (χ1n) is 46.1. The highest BCUT2D eigenvalue weighted by atomic mass is 79.9. The second-order valence-electron chi connectivity index (χ2n) is 33.9. The summed E-state index contributed by atoms with van der Waals surface area (Å²) in [5.74, 6) is 3.90. The van der Waals surface area contributed by atoms with Crippen molar-refractivity contribution >= 4 is 57.3 Å². The van der Waals surface area contributed by atoms with Crippen LogP contribution in [-0.4, -0.2) is 122 Å². The molecule has 34 heteroatoms. The maximum absolute atomic E-state index is 12.9. The molecule has 6 aliphatic rings. The topological polar surface area (TPSA) is 402 Å². The van der Waals surface area contributed by atoms with E-state index in [1.165, 1.54) is 23.8 Å². The van der Waals surface area contributed by atoms with Crippen LogP contribution in [0.2, 0.25) is 0 Å². The third-order valence-electron chi connectivity index (χ3n) is 23.9. The number of halogens is 4. The molecule has 8 N–H and O–H groups in total. The second kappa shape index (κ2) is 48.9. The van der Waals surface area contributed by atoms with E-state index in [0.29, 0.717) is 66.9 Å². The quantitative estimate of drug-likeness (QED) is 0.0250. The predicted octanol–water partition coefficient (Wildman–Crippen LogP) is 17.1. The van der Waals surface area contributed by atoms with Gasteiger partial charge in [0.1, 0.15) is 51.8 Å². The second-order valence-corrected chi connectivity index (χ2v) is 34.7. The van der Waals surface area contributed by atoms with E-state index in [1.54, 1.807) is 30.3 Å². The van der Waals surface area contributed by atoms with E-state index < -0.39 is 18.3 Å². The van der Waals surface area contributed by atoms with Gasteiger partial charge in [0.2, 0.25) is 5.91 Å². The summed E-state index contributed by atoms with van der Waals surface area (Å²) in [6.45, 7) is 9.10. The van der Waals surface area contributed by atoms with Crippen LogP contribution in [0.4, 0.5) is 13.2 Å². The Morgan fingerprint density at radius 2 is 0.756 bits per heavy atom. The number of fused-ring (bicyclic) bond motifs is 6. The summed E-state index contributed by atoms with van der Waals surface area (Å²) in [5.41, 5.74) is 14.2. The smallest absolute Gasteiger partial charge is 0.508 e. The Labute approximate surface area is 788 Å². The molecular formula is C101H114BrF3N14O16. The molecule has 0 saturated heterocycles. The fourth-order valence-electron chi connectivity index (χ4n) is 16.7. The van der Waals surface area contributed by atoms with E-state index in [-0.39, 0.29) is 82.9 Å². The van der Waals surface area contributed by atoms with Crippen molar-refractivity contribution < 1.29 is 88.5 Å². The molecule has 712 valence electrons. The molecule has 0 spiro atoms. The van der Waals surface area contributed by atoms with Crippen LogP contribution >= 0.6 is 15.9 Å². The van der Waals surface area contributed by atoms with E-state index in [9.17, 15) is 51.8 Å². The Morgan fingerprint density at radius 1 is 0.415 bits per heavy atom. The van der Waals surface area contributed by atoms with Gasteiger partial charge in [0, 0.05) is 127 Å². The molecule has 1 unspecified atom stereocenters. The lowest BCUT2D eigenvalue weighted by Gasteiger charge is -2.19. The Hall–Kier alpha value is -13.5. The molecule has 7 amide bonds. The van der Waals surface area contributed by atoms with Crippen molar-refractivity contribution in [2.75, 3.05) is 33.8 Å². The van der Waals surface area contributed by atoms with Crippen molar-refractivity contribution in [2.24, 2.45) is 0 Å². The van der Waals surface area contributed by atoms with Gasteiger partial charge in [0.15, 0.2) is 34.2 Å². The van der Waals surface area contributed by atoms with E-state index >= 15 is 0 Å². The minimum Gasteiger partial charge on any atom is -0.508 e. The van der Waals surface area contributed by atoms with Crippen LogP contribution in [0.5, 0.6) is 17.2 Å². The number of phenols is 1. The van der Waals surface area contributed by atoms with Gasteiger partial charge in [-0.25, -0.2) is 0 Å². The summed E-state index contributed by atoms with van der Waals surface area (Å²) >= 11 is 3.47. The summed E-state index contributed by atoms with van der Waals surface area (Å²) in [4.78, 5) is 88.7. The standard InChI is InChI=1S/C21H28N4O4.C17H20N2O3.C16H15F3N2O3.2C16H18N2O2.C15H15BrN2O2/c1-25(2)11-10-22-19(27)13-17(14-6-5-7-15(26)12-14)23-21(28)20-16-8-3-4-9-18(16)29-24-20;1-2-21-14-9-5-3-7-12(14)11-18-17(20)16-13-8-4-6-10-15(13)22-19-16;17-16(18,19)23-12-7-3-1-5-10(12)9-20-15(22)14-11-6-2-4-8-13(11)24-21-14;1-11-6-2-3-7-12(11)10-17-16(19)15-13-8-4-5-9-14(13)20-18-15;1-11(12-7-3-2-4-8-12)17-16(19)15-13-9-5-6-10-14(13)20-18-15;16-12-7-3-1-5-10(12)9-17-15(19)14-11-6-2-4-8-13(11)20-18-14/h5-7,12,17,26H,3-4,8-11,13H2,1-2H3,(H,22,27)(H,23,28);3,5,7,9H,2,4,6,8,10-11H2,1H3,(H,18,20);1,3,5,7H,2,4,6,8-9H2,(H,20,22);2-3,6-7H,4-5,8-10H2,1H3,(H,17,19);2-4,7-8,11H,5-6,9-10H2,1H3,(H,17,19);1,3,5,7H,2,4,6,8-9H2,(H,17,19)/t;;;;11-;/m....0./s1. The van der Waals surface area contributed by atoms with Crippen LogP contribution in [-0.2, 0) is 108 Å². The van der Waals surface area contributed by atoms with Gasteiger partial charge >= 0.3 is 6.36 Å². The summed E-state index contributed by atoms with van der Waals surface area (Å²) < 4.78 is 79.3. The Balaban J connectivity index is 0.000000138. The average molecular weight is 1920 g/mol. The van der Waals surface area contributed by atoms with E-state index in [1.807, 2.05) is 143 Å². The molecule has 2 atom stereocenters. The van der Waals surface area contributed by atoms with Gasteiger partial charge in [-0.3, -0.25) is 33.6 Å².